The van der Waals surface area contributed by atoms with Crippen LogP contribution in [0.25, 0.3) is 0 Å². The Morgan fingerprint density at radius 1 is 1.44 bits per heavy atom. The van der Waals surface area contributed by atoms with Crippen LogP contribution in [0.15, 0.2) is 18.2 Å². The number of carboxylic acids is 1. The first-order valence-electron chi connectivity index (χ1n) is 5.19. The van der Waals surface area contributed by atoms with E-state index in [0.717, 1.165) is 0 Å². The molecule has 0 aliphatic rings. The summed E-state index contributed by atoms with van der Waals surface area (Å²) in [6.45, 7) is 1.77. The van der Waals surface area contributed by atoms with Crippen LogP contribution in [0, 0.1) is 6.92 Å². The van der Waals surface area contributed by atoms with Crippen molar-refractivity contribution in [2.24, 2.45) is 0 Å². The zero-order valence-corrected chi connectivity index (χ0v) is 11.0. The lowest BCUT2D eigenvalue weighted by molar-refractivity contribution is 0.0697. The maximum atomic E-state index is 11.7. The minimum atomic E-state index is -3.53. The molecule has 0 spiro atoms. The van der Waals surface area contributed by atoms with Crippen molar-refractivity contribution < 1.29 is 23.1 Å². The van der Waals surface area contributed by atoms with Gasteiger partial charge in [-0.1, -0.05) is 6.07 Å². The number of carboxylic acid groups (broad SMARTS) is 1. The van der Waals surface area contributed by atoms with E-state index in [9.17, 15) is 13.2 Å². The van der Waals surface area contributed by atoms with Crippen LogP contribution in [0.4, 0.5) is 5.69 Å². The van der Waals surface area contributed by atoms with Crippen LogP contribution >= 0.6 is 0 Å². The average Bonchev–Trinajstić information content (AvgIpc) is 2.29. The van der Waals surface area contributed by atoms with Gasteiger partial charge >= 0.3 is 5.97 Å². The van der Waals surface area contributed by atoms with Crippen molar-refractivity contribution in [1.82, 2.24) is 0 Å². The van der Waals surface area contributed by atoms with Gasteiger partial charge in [0.25, 0.3) is 0 Å². The number of sulfonamides is 1. The summed E-state index contributed by atoms with van der Waals surface area (Å²) in [7, 11) is -2.12. The zero-order chi connectivity index (χ0) is 13.8. The predicted octanol–water partition coefficient (Wildman–Crippen LogP) is 1.08. The molecule has 0 aliphatic heterocycles. The van der Waals surface area contributed by atoms with Gasteiger partial charge in [0.05, 0.1) is 23.6 Å². The second-order valence-corrected chi connectivity index (χ2v) is 5.59. The number of rotatable bonds is 6. The van der Waals surface area contributed by atoms with Crippen molar-refractivity contribution in [1.29, 1.82) is 0 Å². The number of ether oxygens (including phenoxy) is 1. The fraction of sp³-hybridized carbons (Fsp3) is 0.364. The lowest BCUT2D eigenvalue weighted by Gasteiger charge is -2.10. The van der Waals surface area contributed by atoms with E-state index in [-0.39, 0.29) is 23.6 Å². The van der Waals surface area contributed by atoms with Gasteiger partial charge in [0.15, 0.2) is 0 Å². The van der Waals surface area contributed by atoms with Gasteiger partial charge in [0, 0.05) is 7.11 Å². The van der Waals surface area contributed by atoms with Gasteiger partial charge in [-0.05, 0) is 24.6 Å². The predicted molar refractivity (Wildman–Crippen MR) is 67.4 cm³/mol. The third kappa shape index (κ3) is 4.01. The molecule has 1 aromatic carbocycles. The first-order chi connectivity index (χ1) is 8.35. The van der Waals surface area contributed by atoms with Gasteiger partial charge < -0.3 is 9.84 Å². The van der Waals surface area contributed by atoms with Crippen molar-refractivity contribution >= 4 is 21.7 Å². The van der Waals surface area contributed by atoms with Crippen LogP contribution in [0.1, 0.15) is 15.9 Å². The Hall–Kier alpha value is -1.60. The van der Waals surface area contributed by atoms with E-state index in [1.807, 2.05) is 0 Å². The number of aryl methyl sites for hydroxylation is 1. The Kier molecular flexibility index (Phi) is 4.69. The van der Waals surface area contributed by atoms with Crippen LogP contribution in [0.5, 0.6) is 0 Å². The number of hydrogen-bond acceptors (Lipinski definition) is 4. The Labute approximate surface area is 106 Å². The molecule has 0 aliphatic carbocycles. The van der Waals surface area contributed by atoms with Crippen LogP contribution in [0.2, 0.25) is 0 Å². The first-order valence-corrected chi connectivity index (χ1v) is 6.84. The minimum Gasteiger partial charge on any atom is -0.478 e. The monoisotopic (exact) mass is 273 g/mol. The molecular weight excluding hydrogens is 258 g/mol. The molecule has 1 rings (SSSR count). The molecule has 100 valence electrons. The van der Waals surface area contributed by atoms with Crippen LogP contribution in [0.3, 0.4) is 0 Å². The smallest absolute Gasteiger partial charge is 0.335 e. The van der Waals surface area contributed by atoms with E-state index < -0.39 is 16.0 Å². The zero-order valence-electron chi connectivity index (χ0n) is 10.1. The summed E-state index contributed by atoms with van der Waals surface area (Å²) in [5.74, 6) is -1.28. The summed E-state index contributed by atoms with van der Waals surface area (Å²) in [6.07, 6.45) is 0. The van der Waals surface area contributed by atoms with Crippen molar-refractivity contribution in [3.8, 4) is 0 Å². The second kappa shape index (κ2) is 5.83. The molecule has 0 heterocycles. The maximum Gasteiger partial charge on any atom is 0.335 e. The molecule has 0 radical (unpaired) electrons. The minimum absolute atomic E-state index is 0.0324. The van der Waals surface area contributed by atoms with Crippen molar-refractivity contribution in [2.75, 3.05) is 24.2 Å². The van der Waals surface area contributed by atoms with Crippen molar-refractivity contribution in [3.63, 3.8) is 0 Å². The van der Waals surface area contributed by atoms with Gasteiger partial charge in [-0.3, -0.25) is 4.72 Å². The molecule has 0 atom stereocenters. The molecule has 0 saturated heterocycles. The number of anilines is 1. The molecule has 18 heavy (non-hydrogen) atoms. The number of carbonyl (C=O) groups is 1. The standard InChI is InChI=1S/C11H15NO5S/c1-8-3-4-9(11(13)14)7-10(8)12-18(15,16)6-5-17-2/h3-4,7,12H,5-6H2,1-2H3,(H,13,14). The van der Waals surface area contributed by atoms with E-state index in [1.54, 1.807) is 13.0 Å². The Bertz CT molecular complexity index is 538. The Morgan fingerprint density at radius 3 is 2.67 bits per heavy atom. The van der Waals surface area contributed by atoms with Gasteiger partial charge in [-0.25, -0.2) is 13.2 Å². The Morgan fingerprint density at radius 2 is 2.11 bits per heavy atom. The van der Waals surface area contributed by atoms with E-state index >= 15 is 0 Å². The highest BCUT2D eigenvalue weighted by atomic mass is 32.2. The highest BCUT2D eigenvalue weighted by Gasteiger charge is 2.13. The van der Waals surface area contributed by atoms with Gasteiger partial charge in [0.1, 0.15) is 0 Å². The van der Waals surface area contributed by atoms with Crippen molar-refractivity contribution in [2.45, 2.75) is 6.92 Å². The topological polar surface area (TPSA) is 92.7 Å². The van der Waals surface area contributed by atoms with Gasteiger partial charge in [-0.2, -0.15) is 0 Å². The van der Waals surface area contributed by atoms with Crippen LogP contribution in [-0.2, 0) is 14.8 Å². The largest absolute Gasteiger partial charge is 0.478 e. The lowest BCUT2D eigenvalue weighted by Crippen LogP contribution is -2.20. The third-order valence-electron chi connectivity index (χ3n) is 2.31. The summed E-state index contributed by atoms with van der Waals surface area (Å²) < 4.78 is 30.3. The number of aromatic carboxylic acids is 1. The third-order valence-corrected chi connectivity index (χ3v) is 3.54. The quantitative estimate of drug-likeness (QED) is 0.809. The molecule has 0 amide bonds. The summed E-state index contributed by atoms with van der Waals surface area (Å²) in [5, 5.41) is 8.84. The fourth-order valence-electron chi connectivity index (χ4n) is 1.28. The molecule has 1 aromatic rings. The first kappa shape index (κ1) is 14.5. The summed E-state index contributed by atoms with van der Waals surface area (Å²) >= 11 is 0. The Balaban J connectivity index is 2.96. The fourth-order valence-corrected chi connectivity index (χ4v) is 2.32. The number of nitrogens with one attached hydrogen (secondary N) is 1. The van der Waals surface area contributed by atoms with E-state index in [0.29, 0.717) is 5.56 Å². The molecule has 0 bridgehead atoms. The normalized spacial score (nSPS) is 11.2. The van der Waals surface area contributed by atoms with Crippen LogP contribution < -0.4 is 4.72 Å². The second-order valence-electron chi connectivity index (χ2n) is 3.75. The lowest BCUT2D eigenvalue weighted by atomic mass is 10.1. The molecule has 2 N–H and O–H groups in total. The maximum absolute atomic E-state index is 11.7. The van der Waals surface area contributed by atoms with Crippen LogP contribution in [-0.4, -0.2) is 39.0 Å². The molecule has 7 heteroatoms. The summed E-state index contributed by atoms with van der Waals surface area (Å²) in [6, 6.07) is 4.27. The van der Waals surface area contributed by atoms with E-state index in [4.69, 9.17) is 9.84 Å². The number of methoxy groups -OCH3 is 1. The average molecular weight is 273 g/mol. The molecule has 0 saturated carbocycles. The number of benzene rings is 1. The molecular formula is C11H15NO5S. The van der Waals surface area contributed by atoms with Gasteiger partial charge in [-0.15, -0.1) is 0 Å². The molecule has 0 aromatic heterocycles. The highest BCUT2D eigenvalue weighted by Crippen LogP contribution is 2.18. The number of hydrogen-bond donors (Lipinski definition) is 2. The highest BCUT2D eigenvalue weighted by molar-refractivity contribution is 7.92. The molecule has 0 fully saturated rings. The summed E-state index contributed by atoms with van der Waals surface area (Å²) in [5.41, 5.74) is 0.956. The van der Waals surface area contributed by atoms with E-state index in [1.165, 1.54) is 19.2 Å². The SMILES string of the molecule is COCCS(=O)(=O)Nc1cc(C(=O)O)ccc1C. The summed E-state index contributed by atoms with van der Waals surface area (Å²) in [4.78, 5) is 10.8. The van der Waals surface area contributed by atoms with Crippen molar-refractivity contribution in [3.05, 3.63) is 29.3 Å². The van der Waals surface area contributed by atoms with Gasteiger partial charge in [0.2, 0.25) is 10.0 Å². The van der Waals surface area contributed by atoms with E-state index in [2.05, 4.69) is 4.72 Å². The molecule has 6 nitrogen and oxygen atoms in total. The molecule has 0 unspecified atom stereocenters.